The smallest absolute Gasteiger partial charge is 0.307 e. The average Bonchev–Trinajstić information content (AvgIpc) is 2.67. The summed E-state index contributed by atoms with van der Waals surface area (Å²) in [7, 11) is 3.00. The zero-order chi connectivity index (χ0) is 18.7. The van der Waals surface area contributed by atoms with Crippen LogP contribution in [0, 0.1) is 10.7 Å². The van der Waals surface area contributed by atoms with Gasteiger partial charge in [-0.2, -0.15) is 0 Å². The van der Waals surface area contributed by atoms with Gasteiger partial charge < -0.3 is 9.47 Å². The molecule has 26 heavy (non-hydrogen) atoms. The van der Waals surface area contributed by atoms with Crippen LogP contribution in [0.25, 0.3) is 22.4 Å². The lowest BCUT2D eigenvalue weighted by atomic mass is 9.99. The van der Waals surface area contributed by atoms with Crippen LogP contribution in [0.4, 0.5) is 4.39 Å². The predicted molar refractivity (Wildman–Crippen MR) is 97.4 cm³/mol. The van der Waals surface area contributed by atoms with E-state index in [-0.39, 0.29) is 5.75 Å². The van der Waals surface area contributed by atoms with E-state index in [1.165, 1.54) is 13.2 Å². The Kier molecular flexibility index (Phi) is 5.02. The number of nitrogens with zero attached hydrogens (tertiary/aromatic N) is 2. The number of hydrogen-bond donors (Lipinski definition) is 0. The second-order valence-corrected chi connectivity index (χ2v) is 5.68. The van der Waals surface area contributed by atoms with Gasteiger partial charge in [0.15, 0.2) is 16.1 Å². The lowest BCUT2D eigenvalue weighted by molar-refractivity contribution is -0.587. The van der Waals surface area contributed by atoms with Crippen molar-refractivity contribution in [3.63, 3.8) is 0 Å². The van der Waals surface area contributed by atoms with Crippen LogP contribution >= 0.6 is 0 Å². The average molecular weight is 355 g/mol. The second-order valence-electron chi connectivity index (χ2n) is 5.68. The standard InChI is InChI=1S/C20H20FN2O3/c1-4-22-12-11-17(15-7-10-19(26-3)18(21)13-15)20(23(22)24)14-5-8-16(25-2)9-6-14/h5-13H,4H2,1-3H3/q+1. The molecule has 6 heteroatoms. The molecular formula is C20H20FN2O3+. The van der Waals surface area contributed by atoms with Gasteiger partial charge in [0.1, 0.15) is 5.75 Å². The molecule has 0 saturated heterocycles. The molecule has 0 aliphatic heterocycles. The van der Waals surface area contributed by atoms with Crippen LogP contribution in [-0.4, -0.2) is 18.9 Å². The summed E-state index contributed by atoms with van der Waals surface area (Å²) in [5, 5.41) is 0. The molecule has 0 amide bonds. The quantitative estimate of drug-likeness (QED) is 0.652. The Balaban J connectivity index is 2.23. The van der Waals surface area contributed by atoms with Gasteiger partial charge in [-0.05, 0) is 55.0 Å². The van der Waals surface area contributed by atoms with E-state index in [4.69, 9.17) is 9.47 Å². The molecule has 0 saturated carbocycles. The lowest BCUT2D eigenvalue weighted by Crippen LogP contribution is -2.32. The minimum Gasteiger partial charge on any atom is -0.497 e. The molecule has 0 N–H and O–H groups in total. The molecule has 2 aromatic carbocycles. The summed E-state index contributed by atoms with van der Waals surface area (Å²) < 4.78 is 26.7. The monoisotopic (exact) mass is 355 g/mol. The summed E-state index contributed by atoms with van der Waals surface area (Å²) in [6.45, 7) is 2.41. The zero-order valence-electron chi connectivity index (χ0n) is 14.9. The normalized spacial score (nSPS) is 10.6. The number of methoxy groups -OCH3 is 2. The van der Waals surface area contributed by atoms with Crippen molar-refractivity contribution >= 4 is 0 Å². The fourth-order valence-corrected chi connectivity index (χ4v) is 2.85. The van der Waals surface area contributed by atoms with Gasteiger partial charge in [0.2, 0.25) is 0 Å². The molecule has 0 aliphatic carbocycles. The number of ether oxygens (including phenoxy) is 2. The molecule has 0 radical (unpaired) electrons. The Morgan fingerprint density at radius 3 is 2.27 bits per heavy atom. The third-order valence-corrected chi connectivity index (χ3v) is 4.24. The minimum atomic E-state index is -0.477. The van der Waals surface area contributed by atoms with Gasteiger partial charge in [0, 0.05) is 0 Å². The first-order valence-electron chi connectivity index (χ1n) is 8.23. The Labute approximate surface area is 150 Å². The lowest BCUT2D eigenvalue weighted by Gasteiger charge is -2.08. The van der Waals surface area contributed by atoms with Crippen LogP contribution in [0.2, 0.25) is 0 Å². The molecule has 0 unspecified atom stereocenters. The topological polar surface area (TPSA) is 46.4 Å². The number of halogens is 1. The SMILES string of the molecule is CCn1ccc(-c2ccc(OC)c(F)c2)c(-c2ccc(OC)cc2)[n+]1=O. The van der Waals surface area contributed by atoms with E-state index in [1.807, 2.05) is 25.1 Å². The first-order valence-corrected chi connectivity index (χ1v) is 8.23. The third kappa shape index (κ3) is 3.18. The highest BCUT2D eigenvalue weighted by molar-refractivity contribution is 5.79. The number of hydrogen-bond acceptors (Lipinski definition) is 3. The van der Waals surface area contributed by atoms with Crippen molar-refractivity contribution in [1.82, 2.24) is 4.68 Å². The van der Waals surface area contributed by atoms with Crippen LogP contribution in [0.5, 0.6) is 11.5 Å². The first kappa shape index (κ1) is 17.7. The van der Waals surface area contributed by atoms with Crippen LogP contribution in [0.15, 0.2) is 54.7 Å². The summed E-state index contributed by atoms with van der Waals surface area (Å²) in [6.07, 6.45) is 1.69. The van der Waals surface area contributed by atoms with Gasteiger partial charge in [-0.15, -0.1) is 4.68 Å². The number of benzene rings is 2. The molecule has 0 bridgehead atoms. The Hall–Kier alpha value is -3.15. The van der Waals surface area contributed by atoms with E-state index >= 15 is 0 Å². The van der Waals surface area contributed by atoms with Crippen molar-refractivity contribution in [2.45, 2.75) is 13.5 Å². The van der Waals surface area contributed by atoms with Gasteiger partial charge in [0.05, 0.1) is 43.0 Å². The van der Waals surface area contributed by atoms with E-state index in [2.05, 4.69) is 0 Å². The molecule has 0 atom stereocenters. The zero-order valence-corrected chi connectivity index (χ0v) is 14.9. The Morgan fingerprint density at radius 2 is 1.69 bits per heavy atom. The van der Waals surface area contributed by atoms with E-state index in [9.17, 15) is 9.30 Å². The molecule has 5 nitrogen and oxygen atoms in total. The summed E-state index contributed by atoms with van der Waals surface area (Å²) in [6, 6.07) is 13.7. The Morgan fingerprint density at radius 1 is 1.00 bits per heavy atom. The second kappa shape index (κ2) is 7.39. The highest BCUT2D eigenvalue weighted by atomic mass is 19.1. The maximum atomic E-state index is 14.2. The molecule has 3 aromatic rings. The van der Waals surface area contributed by atoms with Crippen LogP contribution in [0.3, 0.4) is 0 Å². The molecule has 0 spiro atoms. The highest BCUT2D eigenvalue weighted by Gasteiger charge is 2.23. The summed E-state index contributed by atoms with van der Waals surface area (Å²) >= 11 is 0. The van der Waals surface area contributed by atoms with Crippen molar-refractivity contribution in [3.8, 4) is 33.9 Å². The minimum absolute atomic E-state index is 0.161. The van der Waals surface area contributed by atoms with E-state index in [1.54, 1.807) is 42.3 Å². The molecule has 134 valence electrons. The fourth-order valence-electron chi connectivity index (χ4n) is 2.85. The van der Waals surface area contributed by atoms with Gasteiger partial charge in [-0.25, -0.2) is 4.39 Å². The summed E-state index contributed by atoms with van der Waals surface area (Å²) in [5.41, 5.74) is 2.40. The van der Waals surface area contributed by atoms with Crippen molar-refractivity contribution < 1.29 is 18.4 Å². The number of aryl methyl sites for hydroxylation is 1. The first-order chi connectivity index (χ1) is 12.6. The largest absolute Gasteiger partial charge is 0.497 e. The van der Waals surface area contributed by atoms with Crippen molar-refractivity contribution in [3.05, 3.63) is 65.5 Å². The third-order valence-electron chi connectivity index (χ3n) is 4.24. The van der Waals surface area contributed by atoms with Crippen LogP contribution in [-0.2, 0) is 6.54 Å². The summed E-state index contributed by atoms with van der Waals surface area (Å²) in [4.78, 5) is 12.9. The Bertz CT molecular complexity index is 981. The van der Waals surface area contributed by atoms with Crippen LogP contribution < -0.4 is 14.0 Å². The van der Waals surface area contributed by atoms with Gasteiger partial charge >= 0.3 is 5.69 Å². The number of rotatable bonds is 5. The van der Waals surface area contributed by atoms with Gasteiger partial charge in [0.25, 0.3) is 0 Å². The molecular weight excluding hydrogens is 335 g/mol. The van der Waals surface area contributed by atoms with Gasteiger partial charge in [-0.3, -0.25) is 0 Å². The molecule has 3 rings (SSSR count). The van der Waals surface area contributed by atoms with E-state index in [0.29, 0.717) is 29.1 Å². The van der Waals surface area contributed by atoms with Crippen molar-refractivity contribution in [2.24, 2.45) is 0 Å². The maximum Gasteiger partial charge on any atom is 0.307 e. The maximum absolute atomic E-state index is 14.2. The molecule has 1 aromatic heterocycles. The number of aromatic nitrogens is 2. The van der Waals surface area contributed by atoms with Crippen molar-refractivity contribution in [1.29, 1.82) is 0 Å². The highest BCUT2D eigenvalue weighted by Crippen LogP contribution is 2.32. The van der Waals surface area contributed by atoms with Crippen molar-refractivity contribution in [2.75, 3.05) is 14.2 Å². The predicted octanol–water partition coefficient (Wildman–Crippen LogP) is 3.91. The van der Waals surface area contributed by atoms with Gasteiger partial charge in [-0.1, -0.05) is 6.07 Å². The molecule has 0 fully saturated rings. The fraction of sp³-hybridized carbons (Fsp3) is 0.200. The van der Waals surface area contributed by atoms with E-state index < -0.39 is 5.82 Å². The van der Waals surface area contributed by atoms with E-state index in [0.717, 1.165) is 10.1 Å². The van der Waals surface area contributed by atoms with Crippen LogP contribution in [0.1, 0.15) is 6.92 Å². The molecule has 0 aliphatic rings. The molecule has 1 heterocycles. The summed E-state index contributed by atoms with van der Waals surface area (Å²) in [5.74, 6) is 0.382.